The molecule has 0 saturated heterocycles. The van der Waals surface area contributed by atoms with Gasteiger partial charge in [-0.15, -0.1) is 5.10 Å². The molecule has 4 rings (SSSR count). The smallest absolute Gasteiger partial charge is 0.253 e. The number of nitrogens with one attached hydrogen (secondary N) is 2. The molecule has 9 heteroatoms. The molecule has 1 heterocycles. The molecule has 0 radical (unpaired) electrons. The minimum absolute atomic E-state index is 0.0885. The van der Waals surface area contributed by atoms with Crippen molar-refractivity contribution in [1.82, 2.24) is 25.5 Å². The molecule has 0 saturated carbocycles. The van der Waals surface area contributed by atoms with Gasteiger partial charge in [0.05, 0.1) is 22.7 Å². The zero-order chi connectivity index (χ0) is 23.9. The van der Waals surface area contributed by atoms with Gasteiger partial charge in [0.25, 0.3) is 5.91 Å². The molecule has 0 aliphatic heterocycles. The second kappa shape index (κ2) is 10.8. The molecule has 0 unspecified atom stereocenters. The Morgan fingerprint density at radius 2 is 1.71 bits per heavy atom. The van der Waals surface area contributed by atoms with Gasteiger partial charge >= 0.3 is 0 Å². The average Bonchev–Trinajstić information content (AvgIpc) is 3.33. The molecule has 0 spiro atoms. The fourth-order valence-corrected chi connectivity index (χ4v) is 3.96. The summed E-state index contributed by atoms with van der Waals surface area (Å²) in [5.74, 6) is -0.431. The van der Waals surface area contributed by atoms with E-state index in [9.17, 15) is 9.59 Å². The predicted molar refractivity (Wildman–Crippen MR) is 132 cm³/mol. The van der Waals surface area contributed by atoms with E-state index in [4.69, 9.17) is 0 Å². The lowest BCUT2D eigenvalue weighted by atomic mass is 10.1. The molecule has 1 aromatic heterocycles. The van der Waals surface area contributed by atoms with Gasteiger partial charge in [0.2, 0.25) is 11.1 Å². The summed E-state index contributed by atoms with van der Waals surface area (Å²) in [6.07, 6.45) is 0. The van der Waals surface area contributed by atoms with Crippen LogP contribution in [-0.4, -0.2) is 37.8 Å². The quantitative estimate of drug-likeness (QED) is 0.377. The first-order valence-electron chi connectivity index (χ1n) is 10.7. The number of benzene rings is 3. The Hall–Kier alpha value is -3.98. The minimum Gasteiger partial charge on any atom is -0.348 e. The van der Waals surface area contributed by atoms with Gasteiger partial charge < -0.3 is 10.6 Å². The molecule has 8 nitrogen and oxygen atoms in total. The third-order valence-electron chi connectivity index (χ3n) is 5.25. The SMILES string of the molecule is Cc1ccc(-n2nnnc2SCC(=O)Nc2ccccc2C(=O)NCc2ccccc2)cc1C. The van der Waals surface area contributed by atoms with E-state index in [1.807, 2.05) is 62.4 Å². The van der Waals surface area contributed by atoms with Crippen molar-refractivity contribution in [3.05, 3.63) is 95.1 Å². The Balaban J connectivity index is 1.38. The van der Waals surface area contributed by atoms with Crippen molar-refractivity contribution in [2.75, 3.05) is 11.1 Å². The summed E-state index contributed by atoms with van der Waals surface area (Å²) in [6.45, 7) is 4.47. The number of nitrogens with zero attached hydrogens (tertiary/aromatic N) is 4. The van der Waals surface area contributed by atoms with Crippen LogP contribution in [0.5, 0.6) is 0 Å². The fourth-order valence-electron chi connectivity index (χ4n) is 3.27. The molecule has 2 amide bonds. The summed E-state index contributed by atoms with van der Waals surface area (Å²) in [6, 6.07) is 22.5. The molecule has 0 aliphatic rings. The Morgan fingerprint density at radius 1 is 0.941 bits per heavy atom. The number of tetrazole rings is 1. The maximum atomic E-state index is 12.7. The number of aromatic nitrogens is 4. The summed E-state index contributed by atoms with van der Waals surface area (Å²) in [4.78, 5) is 25.4. The van der Waals surface area contributed by atoms with Crippen molar-refractivity contribution < 1.29 is 9.59 Å². The molecule has 4 aromatic rings. The molecular weight excluding hydrogens is 448 g/mol. The predicted octanol–water partition coefficient (Wildman–Crippen LogP) is 3.94. The first-order valence-corrected chi connectivity index (χ1v) is 11.7. The van der Waals surface area contributed by atoms with E-state index in [2.05, 4.69) is 26.2 Å². The van der Waals surface area contributed by atoms with E-state index in [0.29, 0.717) is 23.0 Å². The van der Waals surface area contributed by atoms with Gasteiger partial charge in [-0.3, -0.25) is 9.59 Å². The zero-order valence-corrected chi connectivity index (χ0v) is 19.7. The second-order valence-electron chi connectivity index (χ2n) is 7.69. The zero-order valence-electron chi connectivity index (χ0n) is 18.9. The van der Waals surface area contributed by atoms with Crippen molar-refractivity contribution in [3.63, 3.8) is 0 Å². The Labute approximate surface area is 201 Å². The van der Waals surface area contributed by atoms with Crippen LogP contribution in [0.1, 0.15) is 27.0 Å². The van der Waals surface area contributed by atoms with Crippen LogP contribution >= 0.6 is 11.8 Å². The molecule has 3 aromatic carbocycles. The van der Waals surface area contributed by atoms with E-state index in [1.165, 1.54) is 17.3 Å². The first-order chi connectivity index (χ1) is 16.5. The van der Waals surface area contributed by atoms with Crippen LogP contribution in [0.3, 0.4) is 0 Å². The van der Waals surface area contributed by atoms with E-state index in [1.54, 1.807) is 28.9 Å². The van der Waals surface area contributed by atoms with Crippen LogP contribution in [0.25, 0.3) is 5.69 Å². The standard InChI is InChI=1S/C25H24N6O2S/c1-17-12-13-20(14-18(17)2)31-25(28-29-30-31)34-16-23(32)27-22-11-7-6-10-21(22)24(33)26-15-19-8-4-3-5-9-19/h3-14H,15-16H2,1-2H3,(H,26,33)(H,27,32). The molecule has 0 fully saturated rings. The third-order valence-corrected chi connectivity index (χ3v) is 6.17. The monoisotopic (exact) mass is 472 g/mol. The fraction of sp³-hybridized carbons (Fsp3) is 0.160. The second-order valence-corrected chi connectivity index (χ2v) is 8.64. The first kappa shape index (κ1) is 23.2. The highest BCUT2D eigenvalue weighted by Gasteiger charge is 2.15. The van der Waals surface area contributed by atoms with Crippen LogP contribution in [0.4, 0.5) is 5.69 Å². The summed E-state index contributed by atoms with van der Waals surface area (Å²) < 4.78 is 1.61. The number of hydrogen-bond acceptors (Lipinski definition) is 6. The lowest BCUT2D eigenvalue weighted by molar-refractivity contribution is -0.113. The summed E-state index contributed by atoms with van der Waals surface area (Å²) in [5, 5.41) is 18.1. The maximum absolute atomic E-state index is 12.7. The van der Waals surface area contributed by atoms with Gasteiger partial charge in [-0.25, -0.2) is 0 Å². The molecular formula is C25H24N6O2S. The number of carbonyl (C=O) groups excluding carboxylic acids is 2. The molecule has 0 aliphatic carbocycles. The van der Waals surface area contributed by atoms with E-state index in [-0.39, 0.29) is 17.6 Å². The Bertz CT molecular complexity index is 1310. The van der Waals surface area contributed by atoms with Gasteiger partial charge in [0.1, 0.15) is 0 Å². The number of para-hydroxylation sites is 1. The van der Waals surface area contributed by atoms with Gasteiger partial charge in [0, 0.05) is 6.54 Å². The summed E-state index contributed by atoms with van der Waals surface area (Å²) >= 11 is 1.22. The van der Waals surface area contributed by atoms with Crippen LogP contribution in [-0.2, 0) is 11.3 Å². The number of rotatable bonds is 8. The Kier molecular flexibility index (Phi) is 7.34. The largest absolute Gasteiger partial charge is 0.348 e. The summed E-state index contributed by atoms with van der Waals surface area (Å²) in [5.41, 5.74) is 4.98. The lowest BCUT2D eigenvalue weighted by Crippen LogP contribution is -2.25. The highest BCUT2D eigenvalue weighted by molar-refractivity contribution is 7.99. The number of hydrogen-bond donors (Lipinski definition) is 2. The number of aryl methyl sites for hydroxylation is 2. The highest BCUT2D eigenvalue weighted by atomic mass is 32.2. The van der Waals surface area contributed by atoms with Crippen LogP contribution in [0.2, 0.25) is 0 Å². The topological polar surface area (TPSA) is 102 Å². The minimum atomic E-state index is -0.261. The van der Waals surface area contributed by atoms with Gasteiger partial charge in [-0.2, -0.15) is 4.68 Å². The molecule has 172 valence electrons. The van der Waals surface area contributed by atoms with Crippen LogP contribution in [0.15, 0.2) is 78.0 Å². The van der Waals surface area contributed by atoms with Crippen LogP contribution in [0, 0.1) is 13.8 Å². The molecule has 34 heavy (non-hydrogen) atoms. The number of anilines is 1. The summed E-state index contributed by atoms with van der Waals surface area (Å²) in [7, 11) is 0. The number of amides is 2. The van der Waals surface area contributed by atoms with Gasteiger partial charge in [-0.05, 0) is 65.2 Å². The van der Waals surface area contributed by atoms with Crippen molar-refractivity contribution >= 4 is 29.3 Å². The van der Waals surface area contributed by atoms with E-state index >= 15 is 0 Å². The van der Waals surface area contributed by atoms with Crippen LogP contribution < -0.4 is 10.6 Å². The molecule has 0 atom stereocenters. The van der Waals surface area contributed by atoms with Gasteiger partial charge in [-0.1, -0.05) is 60.3 Å². The van der Waals surface area contributed by atoms with Crippen molar-refractivity contribution in [3.8, 4) is 5.69 Å². The van der Waals surface area contributed by atoms with Crippen molar-refractivity contribution in [2.24, 2.45) is 0 Å². The van der Waals surface area contributed by atoms with E-state index < -0.39 is 0 Å². The lowest BCUT2D eigenvalue weighted by Gasteiger charge is -2.11. The highest BCUT2D eigenvalue weighted by Crippen LogP contribution is 2.21. The Morgan fingerprint density at radius 3 is 2.50 bits per heavy atom. The molecule has 2 N–H and O–H groups in total. The van der Waals surface area contributed by atoms with Crippen molar-refractivity contribution in [2.45, 2.75) is 25.5 Å². The number of thioether (sulfide) groups is 1. The number of carbonyl (C=O) groups is 2. The average molecular weight is 473 g/mol. The maximum Gasteiger partial charge on any atom is 0.253 e. The third kappa shape index (κ3) is 5.68. The normalized spacial score (nSPS) is 10.6. The van der Waals surface area contributed by atoms with Gasteiger partial charge in [0.15, 0.2) is 0 Å². The van der Waals surface area contributed by atoms with Crippen molar-refractivity contribution in [1.29, 1.82) is 0 Å². The van der Waals surface area contributed by atoms with E-state index in [0.717, 1.165) is 16.8 Å². The molecule has 0 bridgehead atoms.